The third kappa shape index (κ3) is 6.52. The molecule has 1 heterocycles. The summed E-state index contributed by atoms with van der Waals surface area (Å²) in [4.78, 5) is 24.2. The lowest BCUT2D eigenvalue weighted by molar-refractivity contribution is -0.124. The lowest BCUT2D eigenvalue weighted by Crippen LogP contribution is -2.48. The first-order valence-electron chi connectivity index (χ1n) is 9.85. The van der Waals surface area contributed by atoms with Gasteiger partial charge in [0, 0.05) is 19.1 Å². The van der Waals surface area contributed by atoms with Gasteiger partial charge in [-0.25, -0.2) is 13.2 Å². The van der Waals surface area contributed by atoms with E-state index in [-0.39, 0.29) is 47.7 Å². The van der Waals surface area contributed by atoms with E-state index in [1.165, 1.54) is 28.6 Å². The van der Waals surface area contributed by atoms with Crippen molar-refractivity contribution in [2.75, 3.05) is 19.7 Å². The first-order valence-corrected chi connectivity index (χ1v) is 11.3. The van der Waals surface area contributed by atoms with Crippen molar-refractivity contribution in [3.05, 3.63) is 29.8 Å². The smallest absolute Gasteiger partial charge is 0.338 e. The highest BCUT2D eigenvalue weighted by Crippen LogP contribution is 2.22. The maximum absolute atomic E-state index is 13.0. The molecule has 0 radical (unpaired) electrons. The van der Waals surface area contributed by atoms with Crippen LogP contribution < -0.4 is 5.32 Å². The van der Waals surface area contributed by atoms with Gasteiger partial charge in [-0.05, 0) is 45.4 Å². The normalized spacial score (nSPS) is 21.4. The second-order valence-corrected chi connectivity index (χ2v) is 9.38. The molecule has 0 unspecified atom stereocenters. The maximum Gasteiger partial charge on any atom is 0.338 e. The fourth-order valence-corrected chi connectivity index (χ4v) is 4.93. The van der Waals surface area contributed by atoms with Gasteiger partial charge in [0.15, 0.2) is 6.61 Å². The van der Waals surface area contributed by atoms with E-state index in [9.17, 15) is 18.0 Å². The number of nitrogens with zero attached hydrogens (tertiary/aromatic N) is 1. The number of nitrogens with one attached hydrogen (secondary N) is 1. The van der Waals surface area contributed by atoms with Crippen LogP contribution in [0.5, 0.6) is 0 Å². The SMILES string of the molecule is CCC[C@@H](C)NC(=O)COC(=O)c1cccc(S(=O)(=O)N2C[C@@H](C)O[C@H](C)C2)c1. The zero-order valence-electron chi connectivity index (χ0n) is 17.4. The third-order valence-electron chi connectivity index (χ3n) is 4.56. The van der Waals surface area contributed by atoms with E-state index in [4.69, 9.17) is 9.47 Å². The van der Waals surface area contributed by atoms with Gasteiger partial charge in [0.05, 0.1) is 22.7 Å². The van der Waals surface area contributed by atoms with Crippen LogP contribution in [0.25, 0.3) is 0 Å². The number of hydrogen-bond acceptors (Lipinski definition) is 6. The van der Waals surface area contributed by atoms with E-state index in [1.807, 2.05) is 27.7 Å². The minimum Gasteiger partial charge on any atom is -0.452 e. The van der Waals surface area contributed by atoms with Crippen molar-refractivity contribution in [2.24, 2.45) is 0 Å². The van der Waals surface area contributed by atoms with Gasteiger partial charge in [0.2, 0.25) is 10.0 Å². The predicted octanol–water partition coefficient (Wildman–Crippen LogP) is 1.95. The number of esters is 1. The Labute approximate surface area is 172 Å². The third-order valence-corrected chi connectivity index (χ3v) is 6.38. The van der Waals surface area contributed by atoms with Gasteiger partial charge in [-0.3, -0.25) is 4.79 Å². The molecular formula is C20H30N2O6S. The summed E-state index contributed by atoms with van der Waals surface area (Å²) in [6.07, 6.45) is 1.34. The zero-order chi connectivity index (χ0) is 21.6. The minimum absolute atomic E-state index is 0.00187. The molecule has 9 heteroatoms. The Hall–Kier alpha value is -1.97. The van der Waals surface area contributed by atoms with Crippen LogP contribution in [0.15, 0.2) is 29.2 Å². The van der Waals surface area contributed by atoms with Crippen LogP contribution in [0.4, 0.5) is 0 Å². The van der Waals surface area contributed by atoms with Crippen LogP contribution in [-0.4, -0.2) is 62.5 Å². The summed E-state index contributed by atoms with van der Waals surface area (Å²) >= 11 is 0. The standard InChI is InChI=1S/C20H30N2O6S/c1-5-7-14(2)21-19(23)13-27-20(24)17-8-6-9-18(10-17)29(25,26)22-11-15(3)28-16(4)12-22/h6,8-10,14-16H,5,7,11-13H2,1-4H3,(H,21,23)/t14-,15-,16-/m1/s1. The van der Waals surface area contributed by atoms with E-state index < -0.39 is 22.6 Å². The summed E-state index contributed by atoms with van der Waals surface area (Å²) in [7, 11) is -3.77. The van der Waals surface area contributed by atoms with Crippen LogP contribution >= 0.6 is 0 Å². The molecule has 0 saturated carbocycles. The van der Waals surface area contributed by atoms with Gasteiger partial charge in [-0.2, -0.15) is 4.31 Å². The molecule has 1 aliphatic heterocycles. The van der Waals surface area contributed by atoms with E-state index in [1.54, 1.807) is 0 Å². The van der Waals surface area contributed by atoms with Gasteiger partial charge in [-0.15, -0.1) is 0 Å². The van der Waals surface area contributed by atoms with Crippen molar-refractivity contribution in [1.29, 1.82) is 0 Å². The lowest BCUT2D eigenvalue weighted by Gasteiger charge is -2.34. The Kier molecular flexibility index (Phi) is 8.18. The van der Waals surface area contributed by atoms with Crippen molar-refractivity contribution >= 4 is 21.9 Å². The summed E-state index contributed by atoms with van der Waals surface area (Å²) in [5.41, 5.74) is 0.0786. The summed E-state index contributed by atoms with van der Waals surface area (Å²) in [5, 5.41) is 2.74. The number of carbonyl (C=O) groups excluding carboxylic acids is 2. The van der Waals surface area contributed by atoms with Crippen molar-refractivity contribution in [1.82, 2.24) is 9.62 Å². The highest BCUT2D eigenvalue weighted by Gasteiger charge is 2.32. The second-order valence-electron chi connectivity index (χ2n) is 7.44. The Morgan fingerprint density at radius 1 is 1.28 bits per heavy atom. The molecule has 0 aromatic heterocycles. The highest BCUT2D eigenvalue weighted by molar-refractivity contribution is 7.89. The Bertz CT molecular complexity index is 816. The van der Waals surface area contributed by atoms with Crippen LogP contribution in [0.1, 0.15) is 50.9 Å². The number of sulfonamides is 1. The maximum atomic E-state index is 13.0. The molecule has 0 aliphatic carbocycles. The molecule has 2 rings (SSSR count). The van der Waals surface area contributed by atoms with Crippen LogP contribution in [0, 0.1) is 0 Å². The van der Waals surface area contributed by atoms with Crippen molar-refractivity contribution in [3.8, 4) is 0 Å². The van der Waals surface area contributed by atoms with Crippen molar-refractivity contribution < 1.29 is 27.5 Å². The number of rotatable bonds is 8. The molecule has 1 aromatic rings. The summed E-state index contributed by atoms with van der Waals surface area (Å²) in [6, 6.07) is 5.66. The molecule has 1 saturated heterocycles. The Morgan fingerprint density at radius 3 is 2.55 bits per heavy atom. The fourth-order valence-electron chi connectivity index (χ4n) is 3.30. The molecule has 3 atom stereocenters. The molecule has 1 N–H and O–H groups in total. The molecule has 1 aliphatic rings. The van der Waals surface area contributed by atoms with Crippen molar-refractivity contribution in [2.45, 2.75) is 63.7 Å². The molecular weight excluding hydrogens is 396 g/mol. The molecule has 162 valence electrons. The van der Waals surface area contributed by atoms with E-state index >= 15 is 0 Å². The molecule has 0 bridgehead atoms. The van der Waals surface area contributed by atoms with E-state index in [0.29, 0.717) is 0 Å². The molecule has 1 amide bonds. The quantitative estimate of drug-likeness (QED) is 0.638. The zero-order valence-corrected chi connectivity index (χ0v) is 18.2. The number of morpholine rings is 1. The van der Waals surface area contributed by atoms with Gasteiger partial charge in [0.1, 0.15) is 0 Å². The van der Waals surface area contributed by atoms with E-state index in [2.05, 4.69) is 5.32 Å². The lowest BCUT2D eigenvalue weighted by atomic mass is 10.2. The molecule has 29 heavy (non-hydrogen) atoms. The Morgan fingerprint density at radius 2 is 1.93 bits per heavy atom. The number of amides is 1. The number of benzene rings is 1. The van der Waals surface area contributed by atoms with Crippen LogP contribution in [0.2, 0.25) is 0 Å². The van der Waals surface area contributed by atoms with Gasteiger partial charge < -0.3 is 14.8 Å². The first-order chi connectivity index (χ1) is 13.6. The van der Waals surface area contributed by atoms with Gasteiger partial charge in [-0.1, -0.05) is 19.4 Å². The summed E-state index contributed by atoms with van der Waals surface area (Å²) in [5.74, 6) is -1.14. The van der Waals surface area contributed by atoms with Gasteiger partial charge in [0.25, 0.3) is 5.91 Å². The van der Waals surface area contributed by atoms with Gasteiger partial charge >= 0.3 is 5.97 Å². The van der Waals surface area contributed by atoms with Crippen LogP contribution in [-0.2, 0) is 24.3 Å². The monoisotopic (exact) mass is 426 g/mol. The molecule has 1 aromatic carbocycles. The largest absolute Gasteiger partial charge is 0.452 e. The first kappa shape index (κ1) is 23.3. The number of carbonyl (C=O) groups is 2. The minimum atomic E-state index is -3.77. The molecule has 0 spiro atoms. The molecule has 1 fully saturated rings. The Balaban J connectivity index is 2.04. The predicted molar refractivity (Wildman–Crippen MR) is 108 cm³/mol. The number of ether oxygens (including phenoxy) is 2. The summed E-state index contributed by atoms with van der Waals surface area (Å²) < 4.78 is 37.9. The second kappa shape index (κ2) is 10.2. The van der Waals surface area contributed by atoms with Crippen molar-refractivity contribution in [3.63, 3.8) is 0 Å². The van der Waals surface area contributed by atoms with Crippen LogP contribution in [0.3, 0.4) is 0 Å². The molecule has 8 nitrogen and oxygen atoms in total. The topological polar surface area (TPSA) is 102 Å². The average molecular weight is 427 g/mol. The highest BCUT2D eigenvalue weighted by atomic mass is 32.2. The van der Waals surface area contributed by atoms with E-state index in [0.717, 1.165) is 12.8 Å². The fraction of sp³-hybridized carbons (Fsp3) is 0.600. The average Bonchev–Trinajstić information content (AvgIpc) is 2.65. The number of hydrogen-bond donors (Lipinski definition) is 1. The summed E-state index contributed by atoms with van der Waals surface area (Å²) in [6.45, 7) is 7.61.